The molecule has 0 unspecified atom stereocenters. The van der Waals surface area contributed by atoms with Gasteiger partial charge in [0, 0.05) is 117 Å². The SMILES string of the molecule is CC(C)CN(CCNc1cc(O)cc2cccnc12)CC(C)C.CC(C)N(CCNc1cc(O)cc2cccnc12)C(C)C.CCCCN(CCCC)CCNc1cc(O)cc2cccnc12. The Morgan fingerprint density at radius 3 is 1.13 bits per heavy atom. The molecule has 0 amide bonds. The fraction of sp³-hybridized carbons (Fsp3) is 0.509. The predicted octanol–water partition coefficient (Wildman–Crippen LogP) is 11.7. The first-order chi connectivity index (χ1) is 32.2. The third-order valence-electron chi connectivity index (χ3n) is 11.5. The maximum atomic E-state index is 9.88. The van der Waals surface area contributed by atoms with Gasteiger partial charge in [0.25, 0.3) is 0 Å². The van der Waals surface area contributed by atoms with Crippen molar-refractivity contribution in [3.05, 3.63) is 91.4 Å². The van der Waals surface area contributed by atoms with E-state index in [1.54, 1.807) is 55.0 Å². The molecule has 3 heterocycles. The molecule has 67 heavy (non-hydrogen) atoms. The van der Waals surface area contributed by atoms with Gasteiger partial charge in [-0.05, 0) is 102 Å². The van der Waals surface area contributed by atoms with Gasteiger partial charge in [-0.1, -0.05) is 72.6 Å². The topological polar surface area (TPSA) is 145 Å². The molecule has 12 nitrogen and oxygen atoms in total. The fourth-order valence-electron chi connectivity index (χ4n) is 8.45. The number of rotatable bonds is 24. The summed E-state index contributed by atoms with van der Waals surface area (Å²) >= 11 is 0. The molecule has 6 aromatic rings. The van der Waals surface area contributed by atoms with Crippen molar-refractivity contribution in [2.24, 2.45) is 11.8 Å². The van der Waals surface area contributed by atoms with Gasteiger partial charge in [-0.3, -0.25) is 19.9 Å². The number of hydrogen-bond acceptors (Lipinski definition) is 12. The monoisotopic (exact) mass is 918 g/mol. The third-order valence-corrected chi connectivity index (χ3v) is 11.5. The summed E-state index contributed by atoms with van der Waals surface area (Å²) in [5.41, 5.74) is 5.42. The van der Waals surface area contributed by atoms with E-state index in [9.17, 15) is 15.3 Å². The molecule has 0 saturated carbocycles. The first-order valence-corrected chi connectivity index (χ1v) is 24.8. The minimum Gasteiger partial charge on any atom is -0.508 e. The molecule has 0 saturated heterocycles. The number of phenols is 3. The van der Waals surface area contributed by atoms with Crippen LogP contribution in [0.1, 0.15) is 94.9 Å². The van der Waals surface area contributed by atoms with Gasteiger partial charge in [-0.25, -0.2) is 0 Å². The molecule has 0 aliphatic heterocycles. The Kier molecular flexibility index (Phi) is 23.2. The van der Waals surface area contributed by atoms with Gasteiger partial charge < -0.3 is 41.1 Å². The predicted molar refractivity (Wildman–Crippen MR) is 285 cm³/mol. The van der Waals surface area contributed by atoms with Gasteiger partial charge in [-0.2, -0.15) is 0 Å². The summed E-state index contributed by atoms with van der Waals surface area (Å²) in [4.78, 5) is 20.7. The number of nitrogens with one attached hydrogen (secondary N) is 3. The van der Waals surface area contributed by atoms with Crippen LogP contribution >= 0.6 is 0 Å². The number of unbranched alkanes of at least 4 members (excludes halogenated alkanes) is 2. The highest BCUT2D eigenvalue weighted by molar-refractivity contribution is 5.93. The lowest BCUT2D eigenvalue weighted by atomic mass is 10.1. The van der Waals surface area contributed by atoms with Crippen LogP contribution in [0, 0.1) is 11.8 Å². The van der Waals surface area contributed by atoms with Crippen molar-refractivity contribution in [3.63, 3.8) is 0 Å². The van der Waals surface area contributed by atoms with Gasteiger partial charge in [-0.15, -0.1) is 0 Å². The number of fused-ring (bicyclic) bond motifs is 3. The summed E-state index contributed by atoms with van der Waals surface area (Å²) in [5, 5.41) is 42.7. The zero-order valence-corrected chi connectivity index (χ0v) is 42.4. The maximum Gasteiger partial charge on any atom is 0.118 e. The summed E-state index contributed by atoms with van der Waals surface area (Å²) in [6.07, 6.45) is 10.3. The minimum atomic E-state index is 0.266. The van der Waals surface area contributed by atoms with Crippen LogP contribution in [-0.2, 0) is 0 Å². The van der Waals surface area contributed by atoms with Crippen LogP contribution in [0.5, 0.6) is 17.2 Å². The van der Waals surface area contributed by atoms with Gasteiger partial charge in [0.05, 0.1) is 33.6 Å². The highest BCUT2D eigenvalue weighted by atomic mass is 16.3. The molecule has 3 aromatic heterocycles. The van der Waals surface area contributed by atoms with Crippen LogP contribution in [-0.4, -0.2) is 123 Å². The quantitative estimate of drug-likeness (QED) is 0.0344. The van der Waals surface area contributed by atoms with E-state index in [0.717, 1.165) is 115 Å². The Morgan fingerprint density at radius 2 is 0.806 bits per heavy atom. The van der Waals surface area contributed by atoms with E-state index in [0.29, 0.717) is 23.9 Å². The van der Waals surface area contributed by atoms with Crippen LogP contribution < -0.4 is 16.0 Å². The number of pyridine rings is 3. The molecule has 0 fully saturated rings. The second-order valence-corrected chi connectivity index (χ2v) is 19.0. The van der Waals surface area contributed by atoms with Crippen molar-refractivity contribution in [1.29, 1.82) is 0 Å². The highest BCUT2D eigenvalue weighted by Gasteiger charge is 2.14. The minimum absolute atomic E-state index is 0.266. The smallest absolute Gasteiger partial charge is 0.118 e. The molecular formula is C55H83N9O3. The molecule has 12 heteroatoms. The van der Waals surface area contributed by atoms with E-state index >= 15 is 0 Å². The summed E-state index contributed by atoms with van der Waals surface area (Å²) < 4.78 is 0. The van der Waals surface area contributed by atoms with E-state index in [1.165, 1.54) is 25.7 Å². The first kappa shape index (κ1) is 54.2. The van der Waals surface area contributed by atoms with Crippen LogP contribution in [0.15, 0.2) is 91.4 Å². The number of hydrogen-bond donors (Lipinski definition) is 6. The van der Waals surface area contributed by atoms with Crippen molar-refractivity contribution in [2.45, 2.75) is 107 Å². The lowest BCUT2D eigenvalue weighted by Gasteiger charge is -2.30. The third kappa shape index (κ3) is 18.6. The van der Waals surface area contributed by atoms with Crippen LogP contribution in [0.3, 0.4) is 0 Å². The van der Waals surface area contributed by atoms with Crippen LogP contribution in [0.4, 0.5) is 17.1 Å². The maximum absolute atomic E-state index is 9.88. The van der Waals surface area contributed by atoms with Crippen LogP contribution in [0.25, 0.3) is 32.7 Å². The Labute approximate surface area is 402 Å². The summed E-state index contributed by atoms with van der Waals surface area (Å²) in [6.45, 7) is 32.4. The molecule has 0 spiro atoms. The van der Waals surface area contributed by atoms with Crippen molar-refractivity contribution < 1.29 is 15.3 Å². The number of anilines is 3. The molecule has 6 N–H and O–H groups in total. The number of aromatic hydroxyl groups is 3. The molecule has 6 rings (SSSR count). The van der Waals surface area contributed by atoms with Gasteiger partial charge >= 0.3 is 0 Å². The standard InChI is InChI=1S/2C19H29N3O.C17H25N3O/c1-14(2)12-22(13-15(3)4)9-8-20-18-11-17(23)10-16-6-5-7-21-19(16)18;1-3-5-11-22(12-6-4-2)13-10-20-18-15-17(23)14-16-8-7-9-21-19(16)18;1-12(2)20(13(3)4)9-8-18-16-11-15(21)10-14-6-5-7-19-17(14)16/h5-7,10-11,14-15,20,23H,8-9,12-13H2,1-4H3;7-9,14-15,20,23H,3-6,10-13H2,1-2H3;5-7,10-13,18,21H,8-9H2,1-4H3. The molecule has 3 aromatic carbocycles. The van der Waals surface area contributed by atoms with E-state index in [4.69, 9.17) is 0 Å². The Hall–Kier alpha value is -5.43. The lowest BCUT2D eigenvalue weighted by Crippen LogP contribution is -2.40. The zero-order chi connectivity index (χ0) is 48.7. The van der Waals surface area contributed by atoms with Crippen molar-refractivity contribution >= 4 is 49.8 Å². The van der Waals surface area contributed by atoms with Gasteiger partial charge in [0.15, 0.2) is 0 Å². The molecule has 0 atom stereocenters. The largest absolute Gasteiger partial charge is 0.508 e. The second-order valence-electron chi connectivity index (χ2n) is 19.0. The second kappa shape index (κ2) is 28.7. The number of phenolic OH excluding ortho intramolecular Hbond substituents is 3. The van der Waals surface area contributed by atoms with E-state index in [-0.39, 0.29) is 17.2 Å². The molecule has 0 radical (unpaired) electrons. The van der Waals surface area contributed by atoms with E-state index in [1.807, 2.05) is 36.4 Å². The van der Waals surface area contributed by atoms with Crippen molar-refractivity contribution in [3.8, 4) is 17.2 Å². The summed E-state index contributed by atoms with van der Waals surface area (Å²) in [7, 11) is 0. The Balaban J connectivity index is 0.000000220. The highest BCUT2D eigenvalue weighted by Crippen LogP contribution is 2.29. The van der Waals surface area contributed by atoms with Crippen molar-refractivity contribution in [1.82, 2.24) is 29.7 Å². The lowest BCUT2D eigenvalue weighted by molar-refractivity contribution is 0.182. The molecular weight excluding hydrogens is 835 g/mol. The number of aromatic nitrogens is 3. The van der Waals surface area contributed by atoms with Gasteiger partial charge in [0.2, 0.25) is 0 Å². The number of benzene rings is 3. The molecule has 0 bridgehead atoms. The fourth-order valence-corrected chi connectivity index (χ4v) is 8.45. The first-order valence-electron chi connectivity index (χ1n) is 24.8. The average molecular weight is 918 g/mol. The van der Waals surface area contributed by atoms with Crippen LogP contribution in [0.2, 0.25) is 0 Å². The molecule has 0 aliphatic rings. The normalized spacial score (nSPS) is 11.6. The zero-order valence-electron chi connectivity index (χ0n) is 42.4. The van der Waals surface area contributed by atoms with Gasteiger partial charge in [0.1, 0.15) is 17.2 Å². The van der Waals surface area contributed by atoms with E-state index in [2.05, 4.69) is 115 Å². The Bertz CT molecular complexity index is 2310. The average Bonchev–Trinajstić information content (AvgIpc) is 3.28. The number of nitrogens with zero attached hydrogens (tertiary/aromatic N) is 6. The van der Waals surface area contributed by atoms with E-state index < -0.39 is 0 Å². The molecule has 366 valence electrons. The Morgan fingerprint density at radius 1 is 0.463 bits per heavy atom. The summed E-state index contributed by atoms with van der Waals surface area (Å²) in [6, 6.07) is 23.1. The molecule has 0 aliphatic carbocycles. The summed E-state index contributed by atoms with van der Waals surface area (Å²) in [5.74, 6) is 2.15. The van der Waals surface area contributed by atoms with Crippen molar-refractivity contribution in [2.75, 3.05) is 81.4 Å².